The number of carboxylic acids is 1. The molecule has 1 aliphatic heterocycles. The van der Waals surface area contributed by atoms with E-state index in [0.717, 1.165) is 11.1 Å². The molecule has 2 aromatic rings. The van der Waals surface area contributed by atoms with Crippen LogP contribution in [0.5, 0.6) is 11.5 Å². The summed E-state index contributed by atoms with van der Waals surface area (Å²) >= 11 is 5.99. The Balaban J connectivity index is 1.60. The molecule has 1 aliphatic rings. The van der Waals surface area contributed by atoms with Crippen molar-refractivity contribution in [2.45, 2.75) is 58.5 Å². The van der Waals surface area contributed by atoms with Gasteiger partial charge in [-0.15, -0.1) is 0 Å². The van der Waals surface area contributed by atoms with Gasteiger partial charge in [-0.2, -0.15) is 0 Å². The smallest absolute Gasteiger partial charge is 0.453 e. The van der Waals surface area contributed by atoms with Crippen LogP contribution in [0.1, 0.15) is 51.3 Å². The van der Waals surface area contributed by atoms with Crippen molar-refractivity contribution in [1.82, 2.24) is 5.32 Å². The van der Waals surface area contributed by atoms with E-state index in [1.165, 1.54) is 0 Å². The largest absolute Gasteiger partial charge is 0.475 e. The molecule has 1 heterocycles. The lowest BCUT2D eigenvalue weighted by Crippen LogP contribution is -2.55. The molecule has 0 radical (unpaired) electrons. The Morgan fingerprint density at radius 3 is 2.51 bits per heavy atom. The monoisotopic (exact) mass is 505 g/mol. The van der Waals surface area contributed by atoms with Crippen molar-refractivity contribution in [3.63, 3.8) is 0 Å². The Morgan fingerprint density at radius 2 is 1.86 bits per heavy atom. The van der Waals surface area contributed by atoms with Crippen molar-refractivity contribution < 1.29 is 34.0 Å². The third-order valence-corrected chi connectivity index (χ3v) is 5.82. The maximum absolute atomic E-state index is 12.6. The number of nitrogens with one attached hydrogen (secondary N) is 1. The number of carboxylic acid groups (broad SMARTS) is 1. The summed E-state index contributed by atoms with van der Waals surface area (Å²) in [7, 11) is 0. The third kappa shape index (κ3) is 6.87. The highest BCUT2D eigenvalue weighted by atomic mass is 35.5. The molecular formula is C26H32ClNO7. The normalized spacial score (nSPS) is 18.7. The average molecular weight is 506 g/mol. The van der Waals surface area contributed by atoms with E-state index in [1.54, 1.807) is 36.4 Å². The molecular weight excluding hydrogens is 474 g/mol. The van der Waals surface area contributed by atoms with E-state index in [1.807, 2.05) is 33.8 Å². The molecule has 9 heteroatoms. The number of hydrogen-bond donors (Lipinski definition) is 3. The maximum Gasteiger partial charge on any atom is 0.453 e. The van der Waals surface area contributed by atoms with Crippen LogP contribution in [-0.2, 0) is 20.7 Å². The zero-order valence-electron chi connectivity index (χ0n) is 20.3. The molecule has 0 spiro atoms. The van der Waals surface area contributed by atoms with E-state index in [2.05, 4.69) is 5.32 Å². The molecule has 8 nitrogen and oxygen atoms in total. The minimum absolute atomic E-state index is 0.0178. The Morgan fingerprint density at radius 1 is 1.14 bits per heavy atom. The predicted octanol–water partition coefficient (Wildman–Crippen LogP) is 4.13. The zero-order valence-corrected chi connectivity index (χ0v) is 21.1. The SMILES string of the molecule is C[C@H](Cc1ccc2c(c1)OC(C(=O)O)(C(=O)OCCC(C)(C)C)O2)NC[C@H](O)c1cccc(Cl)c1. The number of aliphatic carboxylic acids is 1. The second-order valence-corrected chi connectivity index (χ2v) is 10.4. The second kappa shape index (κ2) is 10.8. The van der Waals surface area contributed by atoms with E-state index in [4.69, 9.17) is 25.8 Å². The van der Waals surface area contributed by atoms with Crippen LogP contribution in [0, 0.1) is 5.41 Å². The highest BCUT2D eigenvalue weighted by Gasteiger charge is 2.58. The molecule has 0 fully saturated rings. The van der Waals surface area contributed by atoms with Crippen LogP contribution >= 0.6 is 11.6 Å². The van der Waals surface area contributed by atoms with E-state index >= 15 is 0 Å². The Hall–Kier alpha value is -2.81. The van der Waals surface area contributed by atoms with Gasteiger partial charge in [0.15, 0.2) is 11.5 Å². The summed E-state index contributed by atoms with van der Waals surface area (Å²) in [6, 6.07) is 12.0. The minimum Gasteiger partial charge on any atom is -0.475 e. The number of benzene rings is 2. The van der Waals surface area contributed by atoms with Gasteiger partial charge in [-0.25, -0.2) is 9.59 Å². The fraction of sp³-hybridized carbons (Fsp3) is 0.462. The number of rotatable bonds is 10. The first kappa shape index (κ1) is 26.8. The molecule has 0 saturated carbocycles. The second-order valence-electron chi connectivity index (χ2n) is 9.94. The van der Waals surface area contributed by atoms with Crippen LogP contribution < -0.4 is 14.8 Å². The Labute approximate surface area is 210 Å². The molecule has 190 valence electrons. The molecule has 0 saturated heterocycles. The van der Waals surface area contributed by atoms with Gasteiger partial charge in [0.2, 0.25) is 0 Å². The molecule has 0 bridgehead atoms. The van der Waals surface area contributed by atoms with Gasteiger partial charge in [0.05, 0.1) is 12.7 Å². The van der Waals surface area contributed by atoms with Crippen LogP contribution in [0.3, 0.4) is 0 Å². The van der Waals surface area contributed by atoms with Gasteiger partial charge in [-0.05, 0) is 60.6 Å². The van der Waals surface area contributed by atoms with Gasteiger partial charge >= 0.3 is 17.7 Å². The van der Waals surface area contributed by atoms with Gasteiger partial charge in [-0.3, -0.25) is 0 Å². The minimum atomic E-state index is -2.57. The fourth-order valence-corrected chi connectivity index (χ4v) is 3.75. The topological polar surface area (TPSA) is 114 Å². The molecule has 35 heavy (non-hydrogen) atoms. The van der Waals surface area contributed by atoms with Crippen LogP contribution in [0.4, 0.5) is 0 Å². The number of halogens is 1. The third-order valence-electron chi connectivity index (χ3n) is 5.59. The number of aliphatic hydroxyl groups excluding tert-OH is 1. The molecule has 0 amide bonds. The number of esters is 1. The van der Waals surface area contributed by atoms with Crippen molar-refractivity contribution in [1.29, 1.82) is 0 Å². The summed E-state index contributed by atoms with van der Waals surface area (Å²) in [5, 5.41) is 23.9. The lowest BCUT2D eigenvalue weighted by molar-refractivity contribution is -0.199. The van der Waals surface area contributed by atoms with Gasteiger partial charge in [0.1, 0.15) is 0 Å². The highest BCUT2D eigenvalue weighted by molar-refractivity contribution is 6.30. The van der Waals surface area contributed by atoms with Crippen molar-refractivity contribution in [3.8, 4) is 11.5 Å². The summed E-state index contributed by atoms with van der Waals surface area (Å²) in [5.74, 6) is -4.94. The lowest BCUT2D eigenvalue weighted by Gasteiger charge is -2.22. The molecule has 1 unspecified atom stereocenters. The fourth-order valence-electron chi connectivity index (χ4n) is 3.55. The van der Waals surface area contributed by atoms with Crippen LogP contribution in [0.15, 0.2) is 42.5 Å². The summed E-state index contributed by atoms with van der Waals surface area (Å²) in [4.78, 5) is 24.6. The lowest BCUT2D eigenvalue weighted by atomic mass is 9.93. The standard InChI is InChI=1S/C26H32ClNO7/c1-16(28-15-20(29)18-6-5-7-19(27)14-18)12-17-8-9-21-22(13-17)35-26(34-21,23(30)31)24(32)33-11-10-25(2,3)4/h5-9,13-14,16,20,28-29H,10-12,15H2,1-4H3,(H,30,31)/t16-,20+,26?/m1/s1. The molecule has 3 atom stereocenters. The number of ether oxygens (including phenoxy) is 3. The number of hydrogen-bond acceptors (Lipinski definition) is 7. The maximum atomic E-state index is 12.6. The number of carbonyl (C=O) groups is 2. The van der Waals surface area contributed by atoms with E-state index < -0.39 is 23.8 Å². The summed E-state index contributed by atoms with van der Waals surface area (Å²) in [6.45, 7) is 8.30. The van der Waals surface area contributed by atoms with Gasteiger partial charge in [-0.1, -0.05) is 50.6 Å². The van der Waals surface area contributed by atoms with Gasteiger partial charge in [0.25, 0.3) is 0 Å². The van der Waals surface area contributed by atoms with Gasteiger partial charge < -0.3 is 29.7 Å². The molecule has 2 aromatic carbocycles. The van der Waals surface area contributed by atoms with E-state index in [-0.39, 0.29) is 29.6 Å². The van der Waals surface area contributed by atoms with E-state index in [9.17, 15) is 19.8 Å². The highest BCUT2D eigenvalue weighted by Crippen LogP contribution is 2.41. The Bertz CT molecular complexity index is 1070. The predicted molar refractivity (Wildman–Crippen MR) is 131 cm³/mol. The first-order chi connectivity index (χ1) is 16.4. The first-order valence-electron chi connectivity index (χ1n) is 11.5. The van der Waals surface area contributed by atoms with Crippen molar-refractivity contribution in [3.05, 3.63) is 58.6 Å². The molecule has 0 aliphatic carbocycles. The van der Waals surface area contributed by atoms with Crippen molar-refractivity contribution in [2.75, 3.05) is 13.2 Å². The molecule has 0 aromatic heterocycles. The summed E-state index contributed by atoms with van der Waals surface area (Å²) in [6.07, 6.45) is 0.408. The van der Waals surface area contributed by atoms with Crippen LogP contribution in [0.25, 0.3) is 0 Å². The molecule has 3 N–H and O–H groups in total. The van der Waals surface area contributed by atoms with Crippen molar-refractivity contribution >= 4 is 23.5 Å². The number of aliphatic hydroxyl groups is 1. The summed E-state index contributed by atoms with van der Waals surface area (Å²) < 4.78 is 16.1. The van der Waals surface area contributed by atoms with Crippen LogP contribution in [-0.4, -0.2) is 47.1 Å². The quantitative estimate of drug-likeness (QED) is 0.326. The van der Waals surface area contributed by atoms with Crippen LogP contribution in [0.2, 0.25) is 5.02 Å². The van der Waals surface area contributed by atoms with Gasteiger partial charge in [0, 0.05) is 17.6 Å². The first-order valence-corrected chi connectivity index (χ1v) is 11.9. The Kier molecular flexibility index (Phi) is 8.30. The van der Waals surface area contributed by atoms with Crippen molar-refractivity contribution in [2.24, 2.45) is 5.41 Å². The number of carbonyl (C=O) groups excluding carboxylic acids is 1. The molecule has 3 rings (SSSR count). The summed E-state index contributed by atoms with van der Waals surface area (Å²) in [5.41, 5.74) is 1.48. The average Bonchev–Trinajstić information content (AvgIpc) is 3.17. The van der Waals surface area contributed by atoms with E-state index in [0.29, 0.717) is 24.4 Å². The number of fused-ring (bicyclic) bond motifs is 1. The zero-order chi connectivity index (χ0) is 25.8.